The normalized spacial score (nSPS) is 12.6. The molecule has 0 aliphatic rings. The van der Waals surface area contributed by atoms with Crippen molar-refractivity contribution < 1.29 is 14.3 Å². The molecule has 1 aromatic heterocycles. The lowest BCUT2D eigenvalue weighted by Crippen LogP contribution is -2.32. The predicted octanol–water partition coefficient (Wildman–Crippen LogP) is 2.98. The summed E-state index contributed by atoms with van der Waals surface area (Å²) < 4.78 is 5.47. The Hall–Kier alpha value is -1.52. The van der Waals surface area contributed by atoms with E-state index in [1.807, 2.05) is 19.1 Å². The first-order valence-corrected chi connectivity index (χ1v) is 6.59. The van der Waals surface area contributed by atoms with Crippen molar-refractivity contribution in [2.45, 2.75) is 25.8 Å². The van der Waals surface area contributed by atoms with Gasteiger partial charge < -0.3 is 14.8 Å². The second-order valence-electron chi connectivity index (χ2n) is 4.51. The zero-order valence-electron chi connectivity index (χ0n) is 10.6. The number of para-hydroxylation sites is 1. The van der Waals surface area contributed by atoms with Gasteiger partial charge in [-0.1, -0.05) is 23.7 Å². The Morgan fingerprint density at radius 2 is 2.32 bits per heavy atom. The lowest BCUT2D eigenvalue weighted by Gasteiger charge is -2.11. The molecule has 5 heteroatoms. The number of halogens is 1. The van der Waals surface area contributed by atoms with Crippen LogP contribution in [-0.4, -0.2) is 23.7 Å². The number of amides is 1. The SMILES string of the molecule is CC(CCCO)NC(=O)c1cc2cccc(Cl)c2o1. The van der Waals surface area contributed by atoms with Crippen LogP contribution in [0.15, 0.2) is 28.7 Å². The summed E-state index contributed by atoms with van der Waals surface area (Å²) in [7, 11) is 0. The van der Waals surface area contributed by atoms with Gasteiger partial charge in [0.25, 0.3) is 5.91 Å². The van der Waals surface area contributed by atoms with Gasteiger partial charge in [0.05, 0.1) is 5.02 Å². The van der Waals surface area contributed by atoms with Gasteiger partial charge in [-0.2, -0.15) is 0 Å². The highest BCUT2D eigenvalue weighted by Gasteiger charge is 2.15. The standard InChI is InChI=1S/C14H16ClNO3/c1-9(4-3-7-17)16-14(18)12-8-10-5-2-6-11(15)13(10)19-12/h2,5-6,8-9,17H,3-4,7H2,1H3,(H,16,18). The van der Waals surface area contributed by atoms with Crippen molar-refractivity contribution >= 4 is 28.5 Å². The third-order valence-corrected chi connectivity index (χ3v) is 3.19. The lowest BCUT2D eigenvalue weighted by molar-refractivity contribution is 0.0910. The first kappa shape index (κ1) is 13.9. The topological polar surface area (TPSA) is 62.5 Å². The van der Waals surface area contributed by atoms with E-state index in [1.165, 1.54) is 0 Å². The molecule has 0 bridgehead atoms. The Morgan fingerprint density at radius 3 is 3.00 bits per heavy atom. The Bertz CT molecular complexity index is 579. The molecule has 2 rings (SSSR count). The van der Waals surface area contributed by atoms with Crippen LogP contribution >= 0.6 is 11.6 Å². The molecule has 1 amide bonds. The summed E-state index contributed by atoms with van der Waals surface area (Å²) in [6.07, 6.45) is 1.39. The minimum atomic E-state index is -0.266. The second-order valence-corrected chi connectivity index (χ2v) is 4.92. The number of carbonyl (C=O) groups excluding carboxylic acids is 1. The molecule has 0 aliphatic carbocycles. The summed E-state index contributed by atoms with van der Waals surface area (Å²) in [6.45, 7) is 2.02. The second kappa shape index (κ2) is 6.08. The minimum absolute atomic E-state index is 0.0108. The van der Waals surface area contributed by atoms with Crippen molar-refractivity contribution in [1.29, 1.82) is 0 Å². The van der Waals surface area contributed by atoms with Crippen LogP contribution in [0.4, 0.5) is 0 Å². The third-order valence-electron chi connectivity index (χ3n) is 2.89. The molecule has 0 aliphatic heterocycles. The molecule has 0 fully saturated rings. The predicted molar refractivity (Wildman–Crippen MR) is 74.5 cm³/mol. The number of aliphatic hydroxyl groups is 1. The van der Waals surface area contributed by atoms with Gasteiger partial charge in [-0.25, -0.2) is 0 Å². The molecule has 2 aromatic rings. The first-order chi connectivity index (χ1) is 9.11. The lowest BCUT2D eigenvalue weighted by atomic mass is 10.2. The molecule has 0 saturated heterocycles. The van der Waals surface area contributed by atoms with Crippen molar-refractivity contribution in [3.05, 3.63) is 35.0 Å². The Balaban J connectivity index is 2.11. The van der Waals surface area contributed by atoms with Gasteiger partial charge in [-0.05, 0) is 31.9 Å². The quantitative estimate of drug-likeness (QED) is 0.886. The molecule has 1 aromatic carbocycles. The van der Waals surface area contributed by atoms with Crippen molar-refractivity contribution in [1.82, 2.24) is 5.32 Å². The fraction of sp³-hybridized carbons (Fsp3) is 0.357. The van der Waals surface area contributed by atoms with E-state index in [9.17, 15) is 4.79 Å². The Morgan fingerprint density at radius 1 is 1.53 bits per heavy atom. The van der Waals surface area contributed by atoms with Crippen LogP contribution in [0, 0.1) is 0 Å². The van der Waals surface area contributed by atoms with Crippen molar-refractivity contribution in [2.24, 2.45) is 0 Å². The first-order valence-electron chi connectivity index (χ1n) is 6.21. The summed E-state index contributed by atoms with van der Waals surface area (Å²) in [5.41, 5.74) is 0.525. The van der Waals surface area contributed by atoms with E-state index in [2.05, 4.69) is 5.32 Å². The van der Waals surface area contributed by atoms with Crippen LogP contribution in [0.25, 0.3) is 11.0 Å². The summed E-state index contributed by atoms with van der Waals surface area (Å²) >= 11 is 6.00. The molecule has 102 valence electrons. The van der Waals surface area contributed by atoms with Crippen molar-refractivity contribution in [3.8, 4) is 0 Å². The molecule has 0 saturated carbocycles. The average molecular weight is 282 g/mol. The van der Waals surface area contributed by atoms with Gasteiger partial charge in [0.2, 0.25) is 0 Å². The maximum Gasteiger partial charge on any atom is 0.287 e. The highest BCUT2D eigenvalue weighted by atomic mass is 35.5. The molecule has 1 unspecified atom stereocenters. The van der Waals surface area contributed by atoms with Gasteiger partial charge in [-0.15, -0.1) is 0 Å². The third kappa shape index (κ3) is 3.28. The van der Waals surface area contributed by atoms with Gasteiger partial charge in [0.15, 0.2) is 11.3 Å². The number of hydrogen-bond acceptors (Lipinski definition) is 3. The monoisotopic (exact) mass is 281 g/mol. The number of hydrogen-bond donors (Lipinski definition) is 2. The molecule has 1 heterocycles. The molecule has 2 N–H and O–H groups in total. The Labute approximate surface area is 116 Å². The zero-order chi connectivity index (χ0) is 13.8. The van der Waals surface area contributed by atoms with E-state index in [0.29, 0.717) is 17.0 Å². The molecule has 19 heavy (non-hydrogen) atoms. The van der Waals surface area contributed by atoms with E-state index >= 15 is 0 Å². The van der Waals surface area contributed by atoms with Crippen LogP contribution in [-0.2, 0) is 0 Å². The van der Waals surface area contributed by atoms with Crippen LogP contribution in [0.1, 0.15) is 30.3 Å². The number of rotatable bonds is 5. The van der Waals surface area contributed by atoms with E-state index in [-0.39, 0.29) is 24.3 Å². The summed E-state index contributed by atoms with van der Waals surface area (Å²) in [5.74, 6) is -0.0170. The van der Waals surface area contributed by atoms with Crippen molar-refractivity contribution in [2.75, 3.05) is 6.61 Å². The minimum Gasteiger partial charge on any atom is -0.449 e. The Kier molecular flexibility index (Phi) is 4.45. The molecule has 1 atom stereocenters. The number of benzene rings is 1. The summed E-state index contributed by atoms with van der Waals surface area (Å²) in [4.78, 5) is 12.0. The molecule has 0 radical (unpaired) electrons. The fourth-order valence-corrected chi connectivity index (χ4v) is 2.12. The van der Waals surface area contributed by atoms with Gasteiger partial charge >= 0.3 is 0 Å². The zero-order valence-corrected chi connectivity index (χ0v) is 11.4. The van der Waals surface area contributed by atoms with Crippen LogP contribution in [0.3, 0.4) is 0 Å². The maximum absolute atomic E-state index is 12.0. The van der Waals surface area contributed by atoms with E-state index in [1.54, 1.807) is 12.1 Å². The molecule has 0 spiro atoms. The fourth-order valence-electron chi connectivity index (χ4n) is 1.90. The summed E-state index contributed by atoms with van der Waals surface area (Å²) in [6, 6.07) is 7.04. The van der Waals surface area contributed by atoms with E-state index < -0.39 is 0 Å². The van der Waals surface area contributed by atoms with Gasteiger partial charge in [0, 0.05) is 18.0 Å². The van der Waals surface area contributed by atoms with Crippen LogP contribution in [0.5, 0.6) is 0 Å². The molecular formula is C14H16ClNO3. The van der Waals surface area contributed by atoms with Gasteiger partial charge in [-0.3, -0.25) is 4.79 Å². The highest BCUT2D eigenvalue weighted by molar-refractivity contribution is 6.34. The maximum atomic E-state index is 12.0. The van der Waals surface area contributed by atoms with Gasteiger partial charge in [0.1, 0.15) is 0 Å². The number of aliphatic hydroxyl groups excluding tert-OH is 1. The average Bonchev–Trinajstić information content (AvgIpc) is 2.82. The van der Waals surface area contributed by atoms with E-state index in [0.717, 1.165) is 11.8 Å². The number of furan rings is 1. The summed E-state index contributed by atoms with van der Waals surface area (Å²) in [5, 5.41) is 12.9. The van der Waals surface area contributed by atoms with Crippen LogP contribution < -0.4 is 5.32 Å². The van der Waals surface area contributed by atoms with Crippen molar-refractivity contribution in [3.63, 3.8) is 0 Å². The molecule has 4 nitrogen and oxygen atoms in total. The van der Waals surface area contributed by atoms with Crippen LogP contribution in [0.2, 0.25) is 5.02 Å². The van der Waals surface area contributed by atoms with E-state index in [4.69, 9.17) is 21.1 Å². The number of carbonyl (C=O) groups is 1. The molecular weight excluding hydrogens is 266 g/mol. The smallest absolute Gasteiger partial charge is 0.287 e. The number of nitrogens with one attached hydrogen (secondary N) is 1. The number of fused-ring (bicyclic) bond motifs is 1. The highest BCUT2D eigenvalue weighted by Crippen LogP contribution is 2.26. The largest absolute Gasteiger partial charge is 0.449 e.